The number of hydrogen-bond donors (Lipinski definition) is 2. The van der Waals surface area contributed by atoms with E-state index in [4.69, 9.17) is 14.2 Å². The number of thiophene rings is 1. The van der Waals surface area contributed by atoms with Crippen molar-refractivity contribution >= 4 is 35.0 Å². The summed E-state index contributed by atoms with van der Waals surface area (Å²) >= 11 is 1.28. The standard InChI is InChI=1S/C30H44N2O7S/c1-17-5-7-18(8-6-17)26(33)32(22-15-24(30(2,3)4)40-25(22)27(34)35)20-11-9-19(10-12-20)31-29(36)39-23-16-38-28-21(23)13-14-37-28/h15,17-21,23,28H,5-14,16H2,1-4H3,(H,31,36)(H,34,35)/t17?,18?,19?,20?,21-,23-,28+/m0/s1. The highest BCUT2D eigenvalue weighted by molar-refractivity contribution is 7.14. The number of carboxylic acid groups (broad SMARTS) is 1. The van der Waals surface area contributed by atoms with E-state index in [1.165, 1.54) is 11.3 Å². The van der Waals surface area contributed by atoms with Gasteiger partial charge in [0.15, 0.2) is 6.29 Å². The quantitative estimate of drug-likeness (QED) is 0.446. The van der Waals surface area contributed by atoms with E-state index in [-0.39, 0.29) is 52.5 Å². The largest absolute Gasteiger partial charge is 0.477 e. The molecule has 5 rings (SSSR count). The van der Waals surface area contributed by atoms with Gasteiger partial charge in [0.25, 0.3) is 0 Å². The van der Waals surface area contributed by atoms with Crippen molar-refractivity contribution in [2.45, 2.75) is 115 Å². The van der Waals surface area contributed by atoms with E-state index in [0.29, 0.717) is 50.5 Å². The number of alkyl carbamates (subject to hydrolysis) is 1. The summed E-state index contributed by atoms with van der Waals surface area (Å²) in [6, 6.07) is 1.77. The van der Waals surface area contributed by atoms with Crippen molar-refractivity contribution in [3.8, 4) is 0 Å². The average Bonchev–Trinajstić information content (AvgIpc) is 3.63. The number of rotatable bonds is 6. The van der Waals surface area contributed by atoms with Gasteiger partial charge in [0.1, 0.15) is 11.0 Å². The Labute approximate surface area is 240 Å². The lowest BCUT2D eigenvalue weighted by atomic mass is 9.81. The molecule has 1 aromatic rings. The van der Waals surface area contributed by atoms with Crippen LogP contribution in [0.4, 0.5) is 10.5 Å². The first-order valence-corrected chi connectivity index (χ1v) is 15.7. The van der Waals surface area contributed by atoms with Crippen molar-refractivity contribution in [2.24, 2.45) is 17.8 Å². The van der Waals surface area contributed by atoms with E-state index in [1.807, 2.05) is 11.0 Å². The van der Waals surface area contributed by atoms with E-state index in [2.05, 4.69) is 33.0 Å². The van der Waals surface area contributed by atoms with Gasteiger partial charge in [0, 0.05) is 22.9 Å². The number of nitrogens with zero attached hydrogens (tertiary/aromatic N) is 1. The number of carboxylic acids is 1. The molecule has 0 aromatic carbocycles. The highest BCUT2D eigenvalue weighted by Gasteiger charge is 2.44. The zero-order valence-electron chi connectivity index (χ0n) is 24.1. The predicted octanol–water partition coefficient (Wildman–Crippen LogP) is 5.70. The minimum absolute atomic E-state index is 0.0537. The van der Waals surface area contributed by atoms with Crippen LogP contribution in [0.15, 0.2) is 6.07 Å². The van der Waals surface area contributed by atoms with Crippen LogP contribution in [0.1, 0.15) is 100 Å². The van der Waals surface area contributed by atoms with Crippen molar-refractivity contribution in [2.75, 3.05) is 18.1 Å². The van der Waals surface area contributed by atoms with Gasteiger partial charge >= 0.3 is 12.1 Å². The molecule has 4 aliphatic rings. The molecule has 222 valence electrons. The third kappa shape index (κ3) is 6.34. The molecule has 2 aliphatic heterocycles. The van der Waals surface area contributed by atoms with Crippen LogP contribution in [0.5, 0.6) is 0 Å². The maximum Gasteiger partial charge on any atom is 0.407 e. The average molecular weight is 577 g/mol. The van der Waals surface area contributed by atoms with Gasteiger partial charge < -0.3 is 29.5 Å². The first-order valence-electron chi connectivity index (χ1n) is 14.9. The molecule has 2 amide bonds. The second-order valence-corrected chi connectivity index (χ2v) is 14.2. The number of amides is 2. The van der Waals surface area contributed by atoms with Gasteiger partial charge in [-0.15, -0.1) is 11.3 Å². The second kappa shape index (κ2) is 12.0. The van der Waals surface area contributed by atoms with Crippen molar-refractivity contribution in [1.82, 2.24) is 5.32 Å². The van der Waals surface area contributed by atoms with Crippen LogP contribution in [0, 0.1) is 17.8 Å². The number of carbonyl (C=O) groups is 3. The van der Waals surface area contributed by atoms with E-state index in [1.54, 1.807) is 0 Å². The molecule has 10 heteroatoms. The number of nitrogens with one attached hydrogen (secondary N) is 1. The van der Waals surface area contributed by atoms with Crippen molar-refractivity contribution < 1.29 is 33.7 Å². The molecule has 9 nitrogen and oxygen atoms in total. The van der Waals surface area contributed by atoms with E-state index in [0.717, 1.165) is 37.0 Å². The normalized spacial score (nSPS) is 32.4. The third-order valence-corrected chi connectivity index (χ3v) is 10.7. The fourth-order valence-electron chi connectivity index (χ4n) is 6.65. The molecular formula is C30H44N2O7S. The van der Waals surface area contributed by atoms with Gasteiger partial charge in [0.05, 0.1) is 24.8 Å². The molecule has 0 radical (unpaired) electrons. The summed E-state index contributed by atoms with van der Waals surface area (Å²) in [6.07, 6.45) is 6.32. The van der Waals surface area contributed by atoms with Gasteiger partial charge in [-0.3, -0.25) is 4.79 Å². The lowest BCUT2D eigenvalue weighted by molar-refractivity contribution is -0.124. The molecule has 2 saturated heterocycles. The molecular weight excluding hydrogens is 532 g/mol. The summed E-state index contributed by atoms with van der Waals surface area (Å²) in [6.45, 7) is 9.41. The second-order valence-electron chi connectivity index (χ2n) is 13.2. The van der Waals surface area contributed by atoms with Crippen LogP contribution in [-0.2, 0) is 24.4 Å². The van der Waals surface area contributed by atoms with Crippen LogP contribution in [0.3, 0.4) is 0 Å². The molecule has 2 N–H and O–H groups in total. The molecule has 1 aromatic heterocycles. The number of hydrogen-bond acceptors (Lipinski definition) is 7. The maximum absolute atomic E-state index is 14.1. The fraction of sp³-hybridized carbons (Fsp3) is 0.767. The molecule has 4 fully saturated rings. The summed E-state index contributed by atoms with van der Waals surface area (Å²) < 4.78 is 16.8. The van der Waals surface area contributed by atoms with Crippen LogP contribution in [0.2, 0.25) is 0 Å². The number of ether oxygens (including phenoxy) is 3. The van der Waals surface area contributed by atoms with Crippen molar-refractivity contribution in [3.63, 3.8) is 0 Å². The van der Waals surface area contributed by atoms with Gasteiger partial charge in [-0.2, -0.15) is 0 Å². The molecule has 3 atom stereocenters. The Kier molecular flexibility index (Phi) is 8.78. The lowest BCUT2D eigenvalue weighted by Gasteiger charge is -2.39. The smallest absolute Gasteiger partial charge is 0.407 e. The van der Waals surface area contributed by atoms with E-state index >= 15 is 0 Å². The minimum atomic E-state index is -0.991. The molecule has 40 heavy (non-hydrogen) atoms. The maximum atomic E-state index is 14.1. The molecule has 0 unspecified atom stereocenters. The Balaban J connectivity index is 1.28. The SMILES string of the molecule is CC1CCC(C(=O)N(c2cc(C(C)(C)C)sc2C(=O)O)C2CCC(NC(=O)O[C@H]3CO[C@H]4OCC[C@H]43)CC2)CC1. The zero-order valence-corrected chi connectivity index (χ0v) is 25.0. The van der Waals surface area contributed by atoms with Gasteiger partial charge in [-0.05, 0) is 75.2 Å². The molecule has 3 heterocycles. The Morgan fingerprint density at radius 2 is 1.73 bits per heavy atom. The minimum Gasteiger partial charge on any atom is -0.477 e. The van der Waals surface area contributed by atoms with Gasteiger partial charge in [0.2, 0.25) is 5.91 Å². The monoisotopic (exact) mass is 576 g/mol. The summed E-state index contributed by atoms with van der Waals surface area (Å²) in [5, 5.41) is 13.2. The summed E-state index contributed by atoms with van der Waals surface area (Å²) in [7, 11) is 0. The Bertz CT molecular complexity index is 1080. The fourth-order valence-corrected chi connectivity index (χ4v) is 7.69. The summed E-state index contributed by atoms with van der Waals surface area (Å²) in [5.41, 5.74) is 0.315. The predicted molar refractivity (Wildman–Crippen MR) is 152 cm³/mol. The zero-order chi connectivity index (χ0) is 28.6. The van der Waals surface area contributed by atoms with Gasteiger partial charge in [-0.1, -0.05) is 27.7 Å². The number of aromatic carboxylic acids is 1. The van der Waals surface area contributed by atoms with Gasteiger partial charge in [-0.25, -0.2) is 9.59 Å². The number of carbonyl (C=O) groups excluding carboxylic acids is 2. The first kappa shape index (κ1) is 29.3. The topological polar surface area (TPSA) is 114 Å². The van der Waals surface area contributed by atoms with Crippen molar-refractivity contribution in [1.29, 1.82) is 0 Å². The lowest BCUT2D eigenvalue weighted by Crippen LogP contribution is -2.49. The van der Waals surface area contributed by atoms with Crippen LogP contribution >= 0.6 is 11.3 Å². The number of anilines is 1. The summed E-state index contributed by atoms with van der Waals surface area (Å²) in [4.78, 5) is 42.2. The molecule has 2 aliphatic carbocycles. The first-order chi connectivity index (χ1) is 19.0. The Morgan fingerprint density at radius 3 is 2.38 bits per heavy atom. The van der Waals surface area contributed by atoms with Crippen LogP contribution < -0.4 is 10.2 Å². The van der Waals surface area contributed by atoms with E-state index in [9.17, 15) is 19.5 Å². The van der Waals surface area contributed by atoms with E-state index < -0.39 is 12.1 Å². The van der Waals surface area contributed by atoms with Crippen molar-refractivity contribution in [3.05, 3.63) is 15.8 Å². The Hall–Kier alpha value is -2.17. The highest BCUT2D eigenvalue weighted by Crippen LogP contribution is 2.42. The molecule has 2 saturated carbocycles. The Morgan fingerprint density at radius 1 is 1.02 bits per heavy atom. The summed E-state index contributed by atoms with van der Waals surface area (Å²) in [5.74, 6) is -0.313. The molecule has 0 bridgehead atoms. The van der Waals surface area contributed by atoms with Crippen LogP contribution in [0.25, 0.3) is 0 Å². The number of fused-ring (bicyclic) bond motifs is 1. The van der Waals surface area contributed by atoms with Crippen LogP contribution in [-0.4, -0.2) is 60.8 Å². The molecule has 0 spiro atoms. The third-order valence-electron chi connectivity index (χ3n) is 9.14. The highest BCUT2D eigenvalue weighted by atomic mass is 32.1.